The van der Waals surface area contributed by atoms with Gasteiger partial charge in [0, 0.05) is 36.0 Å². The van der Waals surface area contributed by atoms with Crippen LogP contribution in [-0.2, 0) is 4.74 Å². The summed E-state index contributed by atoms with van der Waals surface area (Å²) in [5, 5.41) is 8.85. The quantitative estimate of drug-likeness (QED) is 0.169. The highest BCUT2D eigenvalue weighted by atomic mass is 127. The van der Waals surface area contributed by atoms with E-state index in [-0.39, 0.29) is 11.5 Å². The van der Waals surface area contributed by atoms with Crippen molar-refractivity contribution in [2.75, 3.05) is 26.3 Å². The standard InChI is InChI=1S/C17H14BrIN4O2.C13H7FIN3O2/c18-12-9-20-16-14(13(12)19)21-15(22-16)10-1-3-11(4-2-10)17(24)23-5-7-25-8-6-23;14-8-5-16-12-10(9(8)15)17-11(18-12)6-1-3-7(4-2-6)13(19)20/h1-4,9H,5-8H2,(H,20,21,22);1-5H,(H,19,20)(H,16,17,18). The summed E-state index contributed by atoms with van der Waals surface area (Å²) in [5.74, 6) is -0.0922. The van der Waals surface area contributed by atoms with Gasteiger partial charge in [0.25, 0.3) is 5.91 Å². The lowest BCUT2D eigenvalue weighted by molar-refractivity contribution is 0.0303. The molecule has 0 radical (unpaired) electrons. The minimum absolute atomic E-state index is 0.0413. The van der Waals surface area contributed by atoms with Crippen molar-refractivity contribution < 1.29 is 23.8 Å². The molecule has 0 aliphatic carbocycles. The zero-order chi connectivity index (χ0) is 31.7. The van der Waals surface area contributed by atoms with E-state index < -0.39 is 11.8 Å². The van der Waals surface area contributed by atoms with Crippen LogP contribution in [0.2, 0.25) is 0 Å². The Morgan fingerprint density at radius 3 is 1.89 bits per heavy atom. The Morgan fingerprint density at radius 1 is 0.822 bits per heavy atom. The SMILES string of the molecule is O=C(O)c1ccc(-c2nc3ncc(F)c(I)c3[nH]2)cc1.O=C(c1ccc(-c2nc3ncc(Br)c(I)c3[nH]2)cc1)N1CCOCC1. The first-order chi connectivity index (χ1) is 21.7. The van der Waals surface area contributed by atoms with Gasteiger partial charge in [-0.25, -0.2) is 29.1 Å². The number of rotatable bonds is 4. The van der Waals surface area contributed by atoms with Gasteiger partial charge in [-0.2, -0.15) is 0 Å². The van der Waals surface area contributed by atoms with E-state index in [4.69, 9.17) is 9.84 Å². The number of morpholine rings is 1. The summed E-state index contributed by atoms with van der Waals surface area (Å²) in [6.07, 6.45) is 2.88. The van der Waals surface area contributed by atoms with Crippen molar-refractivity contribution >= 4 is 95.3 Å². The lowest BCUT2D eigenvalue weighted by Crippen LogP contribution is -2.40. The Morgan fingerprint density at radius 2 is 1.33 bits per heavy atom. The summed E-state index contributed by atoms with van der Waals surface area (Å²) in [6.45, 7) is 2.49. The largest absolute Gasteiger partial charge is 0.478 e. The molecule has 4 aromatic heterocycles. The maximum atomic E-state index is 13.4. The third-order valence-corrected chi connectivity index (χ3v) is 10.5. The minimum atomic E-state index is -0.987. The number of pyridine rings is 2. The molecule has 11 nitrogen and oxygen atoms in total. The van der Waals surface area contributed by atoms with Crippen LogP contribution in [0.25, 0.3) is 45.1 Å². The van der Waals surface area contributed by atoms with Gasteiger partial charge in [-0.15, -0.1) is 0 Å². The molecule has 0 spiro atoms. The topological polar surface area (TPSA) is 150 Å². The number of aromatic nitrogens is 6. The van der Waals surface area contributed by atoms with E-state index in [0.29, 0.717) is 63.6 Å². The highest BCUT2D eigenvalue weighted by Gasteiger charge is 2.19. The number of imidazole rings is 2. The smallest absolute Gasteiger partial charge is 0.335 e. The van der Waals surface area contributed by atoms with Gasteiger partial charge in [0.15, 0.2) is 17.1 Å². The Bertz CT molecular complexity index is 2050. The number of carbonyl (C=O) groups excluding carboxylic acids is 1. The zero-order valence-electron chi connectivity index (χ0n) is 23.0. The van der Waals surface area contributed by atoms with E-state index in [1.807, 2.05) is 51.8 Å². The minimum Gasteiger partial charge on any atom is -0.478 e. The third-order valence-electron chi connectivity index (χ3n) is 6.94. The second-order valence-electron chi connectivity index (χ2n) is 9.77. The number of fused-ring (bicyclic) bond motifs is 2. The third kappa shape index (κ3) is 6.70. The van der Waals surface area contributed by atoms with E-state index in [1.54, 1.807) is 18.3 Å². The maximum Gasteiger partial charge on any atom is 0.335 e. The molecular weight excluding hydrogens is 875 g/mol. The molecule has 1 aliphatic heterocycles. The van der Waals surface area contributed by atoms with Gasteiger partial charge in [0.1, 0.15) is 17.2 Å². The Labute approximate surface area is 290 Å². The number of halogens is 4. The maximum absolute atomic E-state index is 13.4. The molecule has 5 heterocycles. The van der Waals surface area contributed by atoms with Crippen molar-refractivity contribution in [2.24, 2.45) is 0 Å². The second-order valence-corrected chi connectivity index (χ2v) is 12.8. The number of carboxylic acids is 1. The fraction of sp³-hybridized carbons (Fsp3) is 0.133. The zero-order valence-corrected chi connectivity index (χ0v) is 28.9. The van der Waals surface area contributed by atoms with Crippen molar-refractivity contribution in [2.45, 2.75) is 0 Å². The van der Waals surface area contributed by atoms with Crippen molar-refractivity contribution in [3.8, 4) is 22.8 Å². The molecule has 15 heteroatoms. The molecule has 7 rings (SSSR count). The number of carbonyl (C=O) groups is 2. The number of H-pyrrole nitrogens is 2. The molecule has 0 bridgehead atoms. The number of carboxylic acid groups (broad SMARTS) is 1. The summed E-state index contributed by atoms with van der Waals surface area (Å²) in [7, 11) is 0. The van der Waals surface area contributed by atoms with Crippen molar-refractivity contribution in [1.29, 1.82) is 0 Å². The van der Waals surface area contributed by atoms with E-state index in [2.05, 4.69) is 68.4 Å². The van der Waals surface area contributed by atoms with Crippen LogP contribution in [0.5, 0.6) is 0 Å². The normalized spacial score (nSPS) is 13.1. The average Bonchev–Trinajstić information content (AvgIpc) is 3.71. The molecule has 1 amide bonds. The van der Waals surface area contributed by atoms with Gasteiger partial charge in [-0.1, -0.05) is 24.3 Å². The summed E-state index contributed by atoms with van der Waals surface area (Å²) in [4.78, 5) is 48.5. The van der Waals surface area contributed by atoms with Crippen LogP contribution in [0, 0.1) is 13.0 Å². The Balaban J connectivity index is 0.000000163. The summed E-state index contributed by atoms with van der Waals surface area (Å²) < 4.78 is 21.1. The van der Waals surface area contributed by atoms with Gasteiger partial charge in [0.2, 0.25) is 0 Å². The summed E-state index contributed by atoms with van der Waals surface area (Å²) >= 11 is 7.62. The van der Waals surface area contributed by atoms with E-state index in [0.717, 1.165) is 31.1 Å². The molecule has 0 saturated carbocycles. The summed E-state index contributed by atoms with van der Waals surface area (Å²) in [5.41, 5.74) is 5.04. The van der Waals surface area contributed by atoms with Crippen LogP contribution in [0.15, 0.2) is 65.4 Å². The van der Waals surface area contributed by atoms with Crippen LogP contribution in [0.1, 0.15) is 20.7 Å². The molecular formula is C30H21BrFI2N7O4. The lowest BCUT2D eigenvalue weighted by Gasteiger charge is -2.26. The van der Waals surface area contributed by atoms with E-state index >= 15 is 0 Å². The Hall–Kier alpha value is -3.55. The number of hydrogen-bond acceptors (Lipinski definition) is 7. The van der Waals surface area contributed by atoms with Gasteiger partial charge < -0.3 is 24.7 Å². The van der Waals surface area contributed by atoms with Crippen LogP contribution < -0.4 is 0 Å². The van der Waals surface area contributed by atoms with Crippen LogP contribution in [-0.4, -0.2) is 78.1 Å². The highest BCUT2D eigenvalue weighted by molar-refractivity contribution is 14.1. The molecule has 1 aliphatic rings. The number of nitrogens with one attached hydrogen (secondary N) is 2. The van der Waals surface area contributed by atoms with E-state index in [1.165, 1.54) is 12.1 Å². The van der Waals surface area contributed by atoms with Crippen LogP contribution in [0.4, 0.5) is 4.39 Å². The number of hydrogen-bond donors (Lipinski definition) is 3. The number of aromatic carboxylic acids is 1. The van der Waals surface area contributed by atoms with Gasteiger partial charge in [-0.05, 0) is 85.4 Å². The molecule has 0 unspecified atom stereocenters. The number of benzene rings is 2. The first-order valence-electron chi connectivity index (χ1n) is 13.4. The fourth-order valence-electron chi connectivity index (χ4n) is 4.57. The van der Waals surface area contributed by atoms with Crippen LogP contribution >= 0.6 is 61.1 Å². The first kappa shape index (κ1) is 31.4. The number of nitrogens with zero attached hydrogens (tertiary/aromatic N) is 5. The molecule has 0 atom stereocenters. The summed E-state index contributed by atoms with van der Waals surface area (Å²) in [6, 6.07) is 13.8. The second kappa shape index (κ2) is 13.4. The van der Waals surface area contributed by atoms with Gasteiger partial charge in [-0.3, -0.25) is 4.79 Å². The van der Waals surface area contributed by atoms with Crippen molar-refractivity contribution in [3.63, 3.8) is 0 Å². The predicted molar refractivity (Wildman–Crippen MR) is 185 cm³/mol. The molecule has 45 heavy (non-hydrogen) atoms. The van der Waals surface area contributed by atoms with Crippen LogP contribution in [0.3, 0.4) is 0 Å². The van der Waals surface area contributed by atoms with Crippen molar-refractivity contribution in [3.05, 3.63) is 89.5 Å². The first-order valence-corrected chi connectivity index (χ1v) is 16.3. The van der Waals surface area contributed by atoms with E-state index in [9.17, 15) is 14.0 Å². The average molecular weight is 896 g/mol. The molecule has 3 N–H and O–H groups in total. The molecule has 1 saturated heterocycles. The number of amides is 1. The molecule has 228 valence electrons. The number of ether oxygens (including phenoxy) is 1. The number of aromatic amines is 2. The monoisotopic (exact) mass is 895 g/mol. The molecule has 6 aromatic rings. The molecule has 2 aromatic carbocycles. The predicted octanol–water partition coefficient (Wildman–Crippen LogP) is 6.53. The van der Waals surface area contributed by atoms with Gasteiger partial charge in [0.05, 0.1) is 42.1 Å². The molecule has 1 fully saturated rings. The fourth-order valence-corrected chi connectivity index (χ4v) is 5.90. The Kier molecular flexibility index (Phi) is 9.39. The lowest BCUT2D eigenvalue weighted by atomic mass is 10.1. The van der Waals surface area contributed by atoms with Crippen molar-refractivity contribution in [1.82, 2.24) is 34.8 Å². The highest BCUT2D eigenvalue weighted by Crippen LogP contribution is 2.28. The van der Waals surface area contributed by atoms with Gasteiger partial charge >= 0.3 is 5.97 Å².